The van der Waals surface area contributed by atoms with E-state index < -0.39 is 35.8 Å². The number of phenolic OH excluding ortho intramolecular Hbond substituents is 1. The number of Topliss-reactive ketones (excluding diaryl/α,β-unsaturated/α-hetero) is 1. The molecule has 1 N–H and O–H groups in total. The van der Waals surface area contributed by atoms with Crippen LogP contribution in [0.3, 0.4) is 0 Å². The number of carbonyl (C=O) groups is 2. The molecule has 0 radical (unpaired) electrons. The first-order valence-corrected chi connectivity index (χ1v) is 6.97. The highest BCUT2D eigenvalue weighted by Gasteiger charge is 2.31. The maximum Gasteiger partial charge on any atom is 0.416 e. The van der Waals surface area contributed by atoms with Gasteiger partial charge < -0.3 is 14.6 Å². The quantitative estimate of drug-likeness (QED) is 0.658. The highest BCUT2D eigenvalue weighted by molar-refractivity contribution is 6.00. The van der Waals surface area contributed by atoms with Crippen molar-refractivity contribution in [2.24, 2.45) is 0 Å². The average Bonchev–Trinajstić information content (AvgIpc) is 2.59. The number of aromatic hydroxyl groups is 1. The van der Waals surface area contributed by atoms with Crippen LogP contribution >= 0.6 is 0 Å². The molecule has 0 fully saturated rings. The molecule has 0 heterocycles. The fourth-order valence-corrected chi connectivity index (χ4v) is 2.01. The number of benzene rings is 2. The van der Waals surface area contributed by atoms with Crippen molar-refractivity contribution in [1.29, 1.82) is 0 Å². The van der Waals surface area contributed by atoms with Gasteiger partial charge in [0.25, 0.3) is 0 Å². The predicted octanol–water partition coefficient (Wildman–Crippen LogP) is 3.46. The molecule has 0 unspecified atom stereocenters. The van der Waals surface area contributed by atoms with Crippen LogP contribution in [0.1, 0.15) is 26.3 Å². The summed E-state index contributed by atoms with van der Waals surface area (Å²) < 4.78 is 47.5. The molecular weight excluding hydrogens is 341 g/mol. The van der Waals surface area contributed by atoms with Crippen molar-refractivity contribution in [3.63, 3.8) is 0 Å². The Labute approximate surface area is 140 Å². The molecule has 25 heavy (non-hydrogen) atoms. The zero-order valence-corrected chi connectivity index (χ0v) is 13.0. The van der Waals surface area contributed by atoms with E-state index in [4.69, 9.17) is 9.47 Å². The number of rotatable bonds is 5. The number of halogens is 3. The van der Waals surface area contributed by atoms with E-state index in [0.717, 1.165) is 12.1 Å². The molecular formula is C17H13F3O5. The van der Waals surface area contributed by atoms with Crippen LogP contribution in [0, 0.1) is 0 Å². The molecule has 0 aliphatic rings. The molecule has 0 bridgehead atoms. The summed E-state index contributed by atoms with van der Waals surface area (Å²) in [6.07, 6.45) is -4.58. The van der Waals surface area contributed by atoms with Crippen molar-refractivity contribution in [1.82, 2.24) is 0 Å². The molecule has 0 saturated carbocycles. The third-order valence-corrected chi connectivity index (χ3v) is 3.29. The molecule has 132 valence electrons. The second kappa shape index (κ2) is 7.25. The van der Waals surface area contributed by atoms with Crippen molar-refractivity contribution in [3.8, 4) is 11.5 Å². The van der Waals surface area contributed by atoms with Crippen molar-refractivity contribution in [2.75, 3.05) is 13.7 Å². The summed E-state index contributed by atoms with van der Waals surface area (Å²) in [6.45, 7) is -0.767. The number of para-hydroxylation sites is 1. The molecule has 0 spiro atoms. The Bertz CT molecular complexity index is 799. The second-order valence-electron chi connectivity index (χ2n) is 4.93. The molecule has 0 aliphatic heterocycles. The molecule has 8 heteroatoms. The van der Waals surface area contributed by atoms with Gasteiger partial charge in [-0.3, -0.25) is 4.79 Å². The lowest BCUT2D eigenvalue weighted by molar-refractivity contribution is -0.137. The van der Waals surface area contributed by atoms with Gasteiger partial charge in [-0.25, -0.2) is 4.79 Å². The Kier molecular flexibility index (Phi) is 5.31. The largest absolute Gasteiger partial charge is 0.504 e. The van der Waals surface area contributed by atoms with Gasteiger partial charge in [0.05, 0.1) is 12.7 Å². The lowest BCUT2D eigenvalue weighted by Crippen LogP contribution is -2.15. The molecule has 0 saturated heterocycles. The monoisotopic (exact) mass is 354 g/mol. The zero-order chi connectivity index (χ0) is 18.6. The number of hydrogen-bond acceptors (Lipinski definition) is 5. The van der Waals surface area contributed by atoms with Crippen LogP contribution in [0.15, 0.2) is 42.5 Å². The summed E-state index contributed by atoms with van der Waals surface area (Å²) in [7, 11) is 1.29. The Morgan fingerprint density at radius 3 is 2.44 bits per heavy atom. The SMILES string of the molecule is COc1cccc(C(=O)OCC(=O)c2cccc(C(F)(F)F)c2)c1O. The van der Waals surface area contributed by atoms with Crippen molar-refractivity contribution in [3.05, 3.63) is 59.2 Å². The normalized spacial score (nSPS) is 11.0. The van der Waals surface area contributed by atoms with Crippen LogP contribution in [-0.2, 0) is 10.9 Å². The Balaban J connectivity index is 2.09. The van der Waals surface area contributed by atoms with Gasteiger partial charge in [-0.2, -0.15) is 13.2 Å². The van der Waals surface area contributed by atoms with Crippen LogP contribution in [-0.4, -0.2) is 30.6 Å². The van der Waals surface area contributed by atoms with Crippen LogP contribution in [0.4, 0.5) is 13.2 Å². The van der Waals surface area contributed by atoms with Crippen LogP contribution in [0.2, 0.25) is 0 Å². The van der Waals surface area contributed by atoms with Crippen molar-refractivity contribution < 1.29 is 37.3 Å². The second-order valence-corrected chi connectivity index (χ2v) is 4.93. The lowest BCUT2D eigenvalue weighted by Gasteiger charge is -2.10. The molecule has 0 aliphatic carbocycles. The molecule has 0 amide bonds. The van der Waals surface area contributed by atoms with Crippen LogP contribution in [0.25, 0.3) is 0 Å². The number of ether oxygens (including phenoxy) is 2. The summed E-state index contributed by atoms with van der Waals surface area (Å²) in [4.78, 5) is 23.9. The highest BCUT2D eigenvalue weighted by atomic mass is 19.4. The van der Waals surface area contributed by atoms with Crippen molar-refractivity contribution >= 4 is 11.8 Å². The average molecular weight is 354 g/mol. The first kappa shape index (κ1) is 18.3. The molecule has 0 aromatic heterocycles. The Morgan fingerprint density at radius 2 is 1.80 bits per heavy atom. The summed E-state index contributed by atoms with van der Waals surface area (Å²) in [5, 5.41) is 9.83. The van der Waals surface area contributed by atoms with E-state index in [1.165, 1.54) is 31.4 Å². The standard InChI is InChI=1S/C17H13F3O5/c1-24-14-7-3-6-12(15(14)22)16(23)25-9-13(21)10-4-2-5-11(8-10)17(18,19)20/h2-8,22H,9H2,1H3. The van der Waals surface area contributed by atoms with Gasteiger partial charge in [-0.1, -0.05) is 18.2 Å². The van der Waals surface area contributed by atoms with E-state index in [1.807, 2.05) is 0 Å². The predicted molar refractivity (Wildman–Crippen MR) is 80.7 cm³/mol. The smallest absolute Gasteiger partial charge is 0.416 e. The summed E-state index contributed by atoms with van der Waals surface area (Å²) in [5.41, 5.74) is -1.44. The Hall–Kier alpha value is -3.03. The van der Waals surface area contributed by atoms with E-state index >= 15 is 0 Å². The molecule has 0 atom stereocenters. The van der Waals surface area contributed by atoms with Gasteiger partial charge in [0.1, 0.15) is 5.56 Å². The number of alkyl halides is 3. The molecule has 2 rings (SSSR count). The third-order valence-electron chi connectivity index (χ3n) is 3.29. The first-order chi connectivity index (χ1) is 11.7. The summed E-state index contributed by atoms with van der Waals surface area (Å²) in [5.74, 6) is -2.22. The molecule has 2 aromatic carbocycles. The van der Waals surface area contributed by atoms with Crippen LogP contribution < -0.4 is 4.74 Å². The maximum absolute atomic E-state index is 12.6. The number of carbonyl (C=O) groups excluding carboxylic acids is 2. The molecule has 5 nitrogen and oxygen atoms in total. The maximum atomic E-state index is 12.6. The van der Waals surface area contributed by atoms with E-state index in [2.05, 4.69) is 0 Å². The fraction of sp³-hybridized carbons (Fsp3) is 0.176. The van der Waals surface area contributed by atoms with Gasteiger partial charge in [-0.05, 0) is 24.3 Å². The number of phenols is 1. The Morgan fingerprint density at radius 1 is 1.12 bits per heavy atom. The van der Waals surface area contributed by atoms with E-state index in [1.54, 1.807) is 0 Å². The minimum atomic E-state index is -4.58. The third kappa shape index (κ3) is 4.28. The molecule has 2 aromatic rings. The highest BCUT2D eigenvalue weighted by Crippen LogP contribution is 2.30. The van der Waals surface area contributed by atoms with Gasteiger partial charge in [-0.15, -0.1) is 0 Å². The van der Waals surface area contributed by atoms with Gasteiger partial charge in [0, 0.05) is 5.56 Å². The minimum absolute atomic E-state index is 0.0404. The van der Waals surface area contributed by atoms with Gasteiger partial charge >= 0.3 is 12.1 Å². The van der Waals surface area contributed by atoms with Gasteiger partial charge in [0.2, 0.25) is 0 Å². The fourth-order valence-electron chi connectivity index (χ4n) is 2.01. The zero-order valence-electron chi connectivity index (χ0n) is 13.0. The van der Waals surface area contributed by atoms with E-state index in [9.17, 15) is 27.9 Å². The van der Waals surface area contributed by atoms with E-state index in [0.29, 0.717) is 6.07 Å². The number of hydrogen-bond donors (Lipinski definition) is 1. The number of ketones is 1. The first-order valence-electron chi connectivity index (χ1n) is 6.97. The van der Waals surface area contributed by atoms with Crippen molar-refractivity contribution in [2.45, 2.75) is 6.18 Å². The summed E-state index contributed by atoms with van der Waals surface area (Å²) in [6, 6.07) is 7.90. The lowest BCUT2D eigenvalue weighted by atomic mass is 10.1. The number of esters is 1. The summed E-state index contributed by atoms with van der Waals surface area (Å²) >= 11 is 0. The topological polar surface area (TPSA) is 72.8 Å². The van der Waals surface area contributed by atoms with E-state index in [-0.39, 0.29) is 16.9 Å². The minimum Gasteiger partial charge on any atom is -0.504 e. The van der Waals surface area contributed by atoms with Crippen LogP contribution in [0.5, 0.6) is 11.5 Å². The van der Waals surface area contributed by atoms with Gasteiger partial charge in [0.15, 0.2) is 23.9 Å². The number of methoxy groups -OCH3 is 1.